The zero-order valence-electron chi connectivity index (χ0n) is 12.5. The summed E-state index contributed by atoms with van der Waals surface area (Å²) in [4.78, 5) is 10.7. The van der Waals surface area contributed by atoms with Crippen LogP contribution < -0.4 is 5.32 Å². The summed E-state index contributed by atoms with van der Waals surface area (Å²) in [6, 6.07) is 5.89. The number of nitrogens with one attached hydrogen (secondary N) is 1. The number of hydrogen-bond acceptors (Lipinski definition) is 3. The number of rotatable bonds is 6. The first-order valence-corrected chi connectivity index (χ1v) is 8.58. The van der Waals surface area contributed by atoms with Gasteiger partial charge in [-0.15, -0.1) is 0 Å². The third-order valence-corrected chi connectivity index (χ3v) is 5.22. The fraction of sp³-hybridized carbons (Fsp3) is 0.625. The average molecular weight is 355 g/mol. The lowest BCUT2D eigenvalue weighted by atomic mass is 9.80. The number of benzene rings is 1. The lowest BCUT2D eigenvalue weighted by Crippen LogP contribution is -2.39. The second-order valence-corrected chi connectivity index (χ2v) is 6.61. The van der Waals surface area contributed by atoms with Gasteiger partial charge in [0.1, 0.15) is 0 Å². The van der Waals surface area contributed by atoms with E-state index in [2.05, 4.69) is 28.2 Å². The quantitative estimate of drug-likeness (QED) is 0.606. The molecule has 1 aromatic carbocycles. The van der Waals surface area contributed by atoms with Gasteiger partial charge < -0.3 is 5.32 Å². The van der Waals surface area contributed by atoms with E-state index in [0.29, 0.717) is 16.4 Å². The molecule has 0 amide bonds. The summed E-state index contributed by atoms with van der Waals surface area (Å²) >= 11 is 3.42. The van der Waals surface area contributed by atoms with E-state index in [0.717, 1.165) is 24.9 Å². The maximum absolute atomic E-state index is 11.0. The minimum atomic E-state index is -0.318. The summed E-state index contributed by atoms with van der Waals surface area (Å²) in [6.07, 6.45) is 7.02. The van der Waals surface area contributed by atoms with Crippen molar-refractivity contribution in [2.24, 2.45) is 5.92 Å². The minimum absolute atomic E-state index is 0.168. The summed E-state index contributed by atoms with van der Waals surface area (Å²) in [5, 5.41) is 14.7. The van der Waals surface area contributed by atoms with Crippen molar-refractivity contribution in [3.63, 3.8) is 0 Å². The summed E-state index contributed by atoms with van der Waals surface area (Å²) in [5.41, 5.74) is 1.22. The smallest absolute Gasteiger partial charge is 0.283 e. The van der Waals surface area contributed by atoms with E-state index >= 15 is 0 Å². The highest BCUT2D eigenvalue weighted by atomic mass is 79.9. The van der Waals surface area contributed by atoms with E-state index < -0.39 is 0 Å². The van der Waals surface area contributed by atoms with Gasteiger partial charge in [-0.1, -0.05) is 31.9 Å². The Morgan fingerprint density at radius 3 is 2.86 bits per heavy atom. The molecule has 21 heavy (non-hydrogen) atoms. The molecule has 0 aromatic heterocycles. The molecule has 5 heteroatoms. The van der Waals surface area contributed by atoms with Crippen LogP contribution in [0, 0.1) is 16.0 Å². The first-order valence-electron chi connectivity index (χ1n) is 7.78. The van der Waals surface area contributed by atoms with Crippen LogP contribution in [0.5, 0.6) is 0 Å². The van der Waals surface area contributed by atoms with E-state index in [1.807, 2.05) is 6.07 Å². The number of hydrogen-bond donors (Lipinski definition) is 1. The van der Waals surface area contributed by atoms with Crippen molar-refractivity contribution < 1.29 is 4.92 Å². The van der Waals surface area contributed by atoms with Gasteiger partial charge in [-0.05, 0) is 59.6 Å². The molecule has 4 nitrogen and oxygen atoms in total. The number of nitro benzene ring substituents is 1. The van der Waals surface area contributed by atoms with Gasteiger partial charge in [0.05, 0.1) is 9.40 Å². The maximum atomic E-state index is 11.0. The molecule has 1 aliphatic rings. The molecule has 0 saturated heterocycles. The summed E-state index contributed by atoms with van der Waals surface area (Å²) in [7, 11) is 0. The summed E-state index contributed by atoms with van der Waals surface area (Å²) < 4.78 is 0.648. The van der Waals surface area contributed by atoms with E-state index in [1.165, 1.54) is 25.7 Å². The van der Waals surface area contributed by atoms with Crippen LogP contribution in [0.3, 0.4) is 0 Å². The molecular weight excluding hydrogens is 332 g/mol. The van der Waals surface area contributed by atoms with E-state index in [9.17, 15) is 10.1 Å². The predicted molar refractivity (Wildman–Crippen MR) is 88.5 cm³/mol. The number of nitrogens with zero attached hydrogens (tertiary/aromatic N) is 1. The molecule has 1 aliphatic carbocycles. The Hall–Kier alpha value is -0.940. The summed E-state index contributed by atoms with van der Waals surface area (Å²) in [5.74, 6) is 0.573. The molecule has 2 unspecified atom stereocenters. The van der Waals surface area contributed by atoms with Crippen molar-refractivity contribution in [2.45, 2.75) is 51.5 Å². The first kappa shape index (κ1) is 16.4. The molecule has 0 aliphatic heterocycles. The van der Waals surface area contributed by atoms with Gasteiger partial charge in [-0.2, -0.15) is 0 Å². The minimum Gasteiger partial charge on any atom is -0.314 e. The molecule has 1 N–H and O–H groups in total. The average Bonchev–Trinajstić information content (AvgIpc) is 2.48. The van der Waals surface area contributed by atoms with Gasteiger partial charge in [0.15, 0.2) is 0 Å². The van der Waals surface area contributed by atoms with E-state index in [-0.39, 0.29) is 10.6 Å². The molecule has 0 bridgehead atoms. The number of halogens is 1. The Morgan fingerprint density at radius 2 is 2.14 bits per heavy atom. The Labute approximate surface area is 134 Å². The topological polar surface area (TPSA) is 55.2 Å². The summed E-state index contributed by atoms with van der Waals surface area (Å²) in [6.45, 7) is 3.24. The van der Waals surface area contributed by atoms with Crippen LogP contribution in [0.2, 0.25) is 0 Å². The molecule has 2 atom stereocenters. The Kier molecular flexibility index (Phi) is 6.18. The van der Waals surface area contributed by atoms with Crippen molar-refractivity contribution >= 4 is 21.6 Å². The van der Waals surface area contributed by atoms with Gasteiger partial charge in [0.2, 0.25) is 0 Å². The zero-order valence-corrected chi connectivity index (χ0v) is 14.1. The van der Waals surface area contributed by atoms with Gasteiger partial charge in [0.25, 0.3) is 5.69 Å². The van der Waals surface area contributed by atoms with Crippen molar-refractivity contribution in [3.05, 3.63) is 38.3 Å². The zero-order chi connectivity index (χ0) is 15.2. The highest BCUT2D eigenvalue weighted by Gasteiger charge is 2.26. The highest BCUT2D eigenvalue weighted by Crippen LogP contribution is 2.33. The SMILES string of the molecule is CCCNC1CCCCC1Cc1cccc([N+](=O)[O-])c1Br. The van der Waals surface area contributed by atoms with Crippen molar-refractivity contribution in [1.82, 2.24) is 5.32 Å². The van der Waals surface area contributed by atoms with Crippen LogP contribution in [-0.4, -0.2) is 17.5 Å². The normalized spacial score (nSPS) is 22.2. The maximum Gasteiger partial charge on any atom is 0.283 e. The van der Waals surface area contributed by atoms with Gasteiger partial charge in [-0.25, -0.2) is 0 Å². The van der Waals surface area contributed by atoms with Gasteiger partial charge >= 0.3 is 0 Å². The molecular formula is C16H23BrN2O2. The van der Waals surface area contributed by atoms with Crippen molar-refractivity contribution in [2.75, 3.05) is 6.54 Å². The van der Waals surface area contributed by atoms with Gasteiger partial charge in [-0.3, -0.25) is 10.1 Å². The van der Waals surface area contributed by atoms with Gasteiger partial charge in [0, 0.05) is 12.1 Å². The monoisotopic (exact) mass is 354 g/mol. The molecule has 1 aromatic rings. The largest absolute Gasteiger partial charge is 0.314 e. The fourth-order valence-corrected chi connectivity index (χ4v) is 3.77. The Balaban J connectivity index is 2.11. The van der Waals surface area contributed by atoms with Crippen LogP contribution in [-0.2, 0) is 6.42 Å². The predicted octanol–water partition coefficient (Wildman–Crippen LogP) is 4.46. The second kappa shape index (κ2) is 7.90. The van der Waals surface area contributed by atoms with Crippen LogP contribution in [0.15, 0.2) is 22.7 Å². The Morgan fingerprint density at radius 1 is 1.38 bits per heavy atom. The standard InChI is InChI=1S/C16H23BrN2O2/c1-2-10-18-14-8-4-3-6-12(14)11-13-7-5-9-15(16(13)17)19(20)21/h5,7,9,12,14,18H,2-4,6,8,10-11H2,1H3. The second-order valence-electron chi connectivity index (χ2n) is 5.82. The number of nitro groups is 1. The van der Waals surface area contributed by atoms with Crippen molar-refractivity contribution in [3.8, 4) is 0 Å². The first-order chi connectivity index (χ1) is 10.1. The van der Waals surface area contributed by atoms with E-state index in [4.69, 9.17) is 0 Å². The molecule has 1 fully saturated rings. The molecule has 2 rings (SSSR count). The third kappa shape index (κ3) is 4.27. The lowest BCUT2D eigenvalue weighted by Gasteiger charge is -2.32. The third-order valence-electron chi connectivity index (χ3n) is 4.30. The molecule has 116 valence electrons. The molecule has 0 radical (unpaired) electrons. The van der Waals surface area contributed by atoms with Crippen LogP contribution >= 0.6 is 15.9 Å². The molecule has 0 spiro atoms. The van der Waals surface area contributed by atoms with Crippen LogP contribution in [0.4, 0.5) is 5.69 Å². The highest BCUT2D eigenvalue weighted by molar-refractivity contribution is 9.10. The molecule has 1 saturated carbocycles. The molecule has 0 heterocycles. The van der Waals surface area contributed by atoms with Crippen molar-refractivity contribution in [1.29, 1.82) is 0 Å². The van der Waals surface area contributed by atoms with E-state index in [1.54, 1.807) is 12.1 Å². The fourth-order valence-electron chi connectivity index (χ4n) is 3.20. The Bertz CT molecular complexity index is 493. The lowest BCUT2D eigenvalue weighted by molar-refractivity contribution is -0.385. The van der Waals surface area contributed by atoms with Crippen LogP contribution in [0.1, 0.15) is 44.6 Å². The van der Waals surface area contributed by atoms with Crippen LogP contribution in [0.25, 0.3) is 0 Å².